The summed E-state index contributed by atoms with van der Waals surface area (Å²) in [4.78, 5) is 0. The van der Waals surface area contributed by atoms with Crippen LogP contribution in [-0.2, 0) is 0 Å². The van der Waals surface area contributed by atoms with E-state index in [1.54, 1.807) is 0 Å². The van der Waals surface area contributed by atoms with Gasteiger partial charge in [0, 0.05) is 0 Å². The second-order valence-electron chi connectivity index (χ2n) is 7.84. The van der Waals surface area contributed by atoms with E-state index >= 15 is 0 Å². The van der Waals surface area contributed by atoms with Crippen molar-refractivity contribution in [2.45, 2.75) is 90.6 Å². The van der Waals surface area contributed by atoms with Crippen LogP contribution in [0.15, 0.2) is 0 Å². The second-order valence-corrected chi connectivity index (χ2v) is 7.84. The van der Waals surface area contributed by atoms with E-state index in [1.165, 1.54) is 57.8 Å². The molecule has 2 unspecified atom stereocenters. The van der Waals surface area contributed by atoms with Gasteiger partial charge in [-0.25, -0.2) is 0 Å². The highest BCUT2D eigenvalue weighted by molar-refractivity contribution is 4.99. The Morgan fingerprint density at radius 1 is 0.833 bits per heavy atom. The minimum atomic E-state index is -0.360. The van der Waals surface area contributed by atoms with Crippen LogP contribution in [0.2, 0.25) is 0 Å². The highest BCUT2D eigenvalue weighted by Gasteiger charge is 2.48. The summed E-state index contributed by atoms with van der Waals surface area (Å²) < 4.78 is 0. The smallest absolute Gasteiger partial charge is 0.0708 e. The molecule has 0 saturated heterocycles. The molecule has 0 bridgehead atoms. The van der Waals surface area contributed by atoms with Gasteiger partial charge in [-0.05, 0) is 42.9 Å². The Morgan fingerprint density at radius 3 is 1.94 bits per heavy atom. The molecule has 2 aliphatic rings. The molecule has 1 nitrogen and oxygen atoms in total. The zero-order chi connectivity index (χ0) is 13.2. The summed E-state index contributed by atoms with van der Waals surface area (Å²) in [6.45, 7) is 6.97. The molecule has 2 fully saturated rings. The first-order chi connectivity index (χ1) is 8.44. The summed E-state index contributed by atoms with van der Waals surface area (Å²) >= 11 is 0. The minimum Gasteiger partial charge on any atom is -0.389 e. The first-order valence-corrected chi connectivity index (χ1v) is 8.17. The topological polar surface area (TPSA) is 20.2 Å². The van der Waals surface area contributed by atoms with E-state index in [4.69, 9.17) is 0 Å². The van der Waals surface area contributed by atoms with Crippen LogP contribution in [-0.4, -0.2) is 10.7 Å². The molecular formula is C17H32O. The average molecular weight is 252 g/mol. The highest BCUT2D eigenvalue weighted by Crippen LogP contribution is 2.50. The fourth-order valence-electron chi connectivity index (χ4n) is 4.63. The lowest BCUT2D eigenvalue weighted by Crippen LogP contribution is -2.51. The van der Waals surface area contributed by atoms with Crippen molar-refractivity contribution in [3.8, 4) is 0 Å². The van der Waals surface area contributed by atoms with Crippen LogP contribution >= 0.6 is 0 Å². The van der Waals surface area contributed by atoms with Crippen LogP contribution in [0.5, 0.6) is 0 Å². The summed E-state index contributed by atoms with van der Waals surface area (Å²) in [5.74, 6) is 1.08. The van der Waals surface area contributed by atoms with E-state index < -0.39 is 0 Å². The fourth-order valence-corrected chi connectivity index (χ4v) is 4.63. The summed E-state index contributed by atoms with van der Waals surface area (Å²) in [6, 6.07) is 0. The molecular weight excluding hydrogens is 220 g/mol. The van der Waals surface area contributed by atoms with E-state index in [1.807, 2.05) is 0 Å². The number of rotatable bonds is 1. The van der Waals surface area contributed by atoms with Gasteiger partial charge in [-0.2, -0.15) is 0 Å². The van der Waals surface area contributed by atoms with Crippen LogP contribution in [0.3, 0.4) is 0 Å². The largest absolute Gasteiger partial charge is 0.389 e. The molecule has 0 aromatic carbocycles. The van der Waals surface area contributed by atoms with Crippen molar-refractivity contribution < 1.29 is 5.11 Å². The van der Waals surface area contributed by atoms with Crippen molar-refractivity contribution in [1.29, 1.82) is 0 Å². The summed E-state index contributed by atoms with van der Waals surface area (Å²) in [6.07, 6.45) is 12.8. The van der Waals surface area contributed by atoms with Crippen molar-refractivity contribution in [3.63, 3.8) is 0 Å². The molecule has 0 spiro atoms. The molecule has 18 heavy (non-hydrogen) atoms. The predicted molar refractivity (Wildman–Crippen MR) is 77.6 cm³/mol. The zero-order valence-corrected chi connectivity index (χ0v) is 12.7. The van der Waals surface area contributed by atoms with Gasteiger partial charge in [0.15, 0.2) is 0 Å². The van der Waals surface area contributed by atoms with E-state index in [9.17, 15) is 5.11 Å². The van der Waals surface area contributed by atoms with Crippen molar-refractivity contribution in [1.82, 2.24) is 0 Å². The summed E-state index contributed by atoms with van der Waals surface area (Å²) in [5.41, 5.74) is -0.109. The number of hydrogen-bond donors (Lipinski definition) is 1. The summed E-state index contributed by atoms with van der Waals surface area (Å²) in [5, 5.41) is 11.4. The molecule has 2 saturated carbocycles. The Kier molecular flexibility index (Phi) is 4.41. The average Bonchev–Trinajstić information content (AvgIpc) is 2.56. The lowest BCUT2D eigenvalue weighted by molar-refractivity contribution is -0.132. The van der Waals surface area contributed by atoms with E-state index in [0.717, 1.165) is 6.42 Å². The van der Waals surface area contributed by atoms with Gasteiger partial charge in [-0.3, -0.25) is 0 Å². The molecule has 0 radical (unpaired) electrons. The first kappa shape index (κ1) is 14.4. The molecule has 1 N–H and O–H groups in total. The highest BCUT2D eigenvalue weighted by atomic mass is 16.3. The number of hydrogen-bond acceptors (Lipinski definition) is 1. The van der Waals surface area contributed by atoms with Gasteiger partial charge in [-0.15, -0.1) is 0 Å². The van der Waals surface area contributed by atoms with Gasteiger partial charge in [-0.1, -0.05) is 59.3 Å². The second kappa shape index (κ2) is 5.53. The fraction of sp³-hybridized carbons (Fsp3) is 1.00. The normalized spacial score (nSPS) is 36.3. The maximum atomic E-state index is 11.4. The Balaban J connectivity index is 2.18. The van der Waals surface area contributed by atoms with Crippen molar-refractivity contribution >= 4 is 0 Å². The van der Waals surface area contributed by atoms with Crippen LogP contribution in [0, 0.1) is 17.3 Å². The first-order valence-electron chi connectivity index (χ1n) is 8.17. The molecule has 106 valence electrons. The molecule has 0 aromatic rings. The molecule has 0 heterocycles. The maximum Gasteiger partial charge on any atom is 0.0708 e. The predicted octanol–water partition coefficient (Wildman–Crippen LogP) is 4.92. The van der Waals surface area contributed by atoms with E-state index in [0.29, 0.717) is 11.8 Å². The maximum absolute atomic E-state index is 11.4. The van der Waals surface area contributed by atoms with Gasteiger partial charge in [0.25, 0.3) is 0 Å². The molecule has 1 heteroatoms. The van der Waals surface area contributed by atoms with Crippen molar-refractivity contribution in [2.24, 2.45) is 17.3 Å². The summed E-state index contributed by atoms with van der Waals surface area (Å²) in [7, 11) is 0. The van der Waals surface area contributed by atoms with Crippen LogP contribution < -0.4 is 0 Å². The van der Waals surface area contributed by atoms with E-state index in [-0.39, 0.29) is 11.0 Å². The molecule has 0 amide bonds. The molecule has 0 aromatic heterocycles. The van der Waals surface area contributed by atoms with Gasteiger partial charge in [0.2, 0.25) is 0 Å². The quantitative estimate of drug-likeness (QED) is 0.656. The zero-order valence-electron chi connectivity index (χ0n) is 12.7. The van der Waals surface area contributed by atoms with Crippen molar-refractivity contribution in [3.05, 3.63) is 0 Å². The van der Waals surface area contributed by atoms with Crippen LogP contribution in [0.4, 0.5) is 0 Å². The van der Waals surface area contributed by atoms with Crippen molar-refractivity contribution in [2.75, 3.05) is 0 Å². The third-order valence-corrected chi connectivity index (χ3v) is 5.53. The van der Waals surface area contributed by atoms with Gasteiger partial charge in [0.05, 0.1) is 5.60 Å². The Labute approximate surface area is 113 Å². The SMILES string of the molecule is CC(C)(C)C1CCCCC1(O)C1CCCCCC1. The molecule has 0 aliphatic heterocycles. The molecule has 2 atom stereocenters. The lowest BCUT2D eigenvalue weighted by atomic mass is 9.58. The molecule has 2 rings (SSSR count). The molecule has 2 aliphatic carbocycles. The third kappa shape index (κ3) is 2.92. The van der Waals surface area contributed by atoms with Gasteiger partial charge < -0.3 is 5.11 Å². The van der Waals surface area contributed by atoms with Crippen LogP contribution in [0.1, 0.15) is 85.0 Å². The minimum absolute atomic E-state index is 0.251. The van der Waals surface area contributed by atoms with E-state index in [2.05, 4.69) is 20.8 Å². The van der Waals surface area contributed by atoms with Gasteiger partial charge >= 0.3 is 0 Å². The van der Waals surface area contributed by atoms with Crippen LogP contribution in [0.25, 0.3) is 0 Å². The number of aliphatic hydroxyl groups is 1. The van der Waals surface area contributed by atoms with Gasteiger partial charge in [0.1, 0.15) is 0 Å². The Morgan fingerprint density at radius 2 is 1.39 bits per heavy atom. The Bertz CT molecular complexity index is 257. The Hall–Kier alpha value is -0.0400. The lowest BCUT2D eigenvalue weighted by Gasteiger charge is -2.51. The third-order valence-electron chi connectivity index (χ3n) is 5.53. The standard InChI is InChI=1S/C17H32O/c1-16(2,3)15-12-8-9-13-17(15,18)14-10-6-4-5-7-11-14/h14-15,18H,4-13H2,1-3H3. The monoisotopic (exact) mass is 252 g/mol.